The van der Waals surface area contributed by atoms with Gasteiger partial charge in [0.05, 0.1) is 6.61 Å². The number of nitrogens with zero attached hydrogens (tertiary/aromatic N) is 1. The van der Waals surface area contributed by atoms with Gasteiger partial charge in [0.1, 0.15) is 18.2 Å². The summed E-state index contributed by atoms with van der Waals surface area (Å²) in [5.74, 6) is 0.633. The van der Waals surface area contributed by atoms with Crippen molar-refractivity contribution in [3.63, 3.8) is 0 Å². The quantitative estimate of drug-likeness (QED) is 0.295. The van der Waals surface area contributed by atoms with Gasteiger partial charge in [-0.15, -0.1) is 0 Å². The summed E-state index contributed by atoms with van der Waals surface area (Å²) in [7, 11) is 0. The summed E-state index contributed by atoms with van der Waals surface area (Å²) in [4.78, 5) is 12.7. The first kappa shape index (κ1) is 23.9. The predicted octanol–water partition coefficient (Wildman–Crippen LogP) is 6.43. The molecule has 1 N–H and O–H groups in total. The van der Waals surface area contributed by atoms with Gasteiger partial charge in [0.25, 0.3) is 5.91 Å². The van der Waals surface area contributed by atoms with Crippen LogP contribution >= 0.6 is 11.6 Å². The van der Waals surface area contributed by atoms with Gasteiger partial charge < -0.3 is 14.8 Å². The Labute approximate surface area is 199 Å². The zero-order chi connectivity index (χ0) is 23.6. The van der Waals surface area contributed by atoms with Crippen molar-refractivity contribution in [3.8, 4) is 17.6 Å². The van der Waals surface area contributed by atoms with Crippen LogP contribution in [0.4, 0.5) is 5.69 Å². The molecule has 0 saturated carbocycles. The fourth-order valence-corrected chi connectivity index (χ4v) is 3.46. The van der Waals surface area contributed by atoms with Gasteiger partial charge in [0, 0.05) is 10.7 Å². The number of halogens is 1. The minimum Gasteiger partial charge on any atom is -0.490 e. The molecule has 33 heavy (non-hydrogen) atoms. The van der Waals surface area contributed by atoms with Gasteiger partial charge in [-0.2, -0.15) is 5.26 Å². The summed E-state index contributed by atoms with van der Waals surface area (Å²) < 4.78 is 11.6. The first-order valence-corrected chi connectivity index (χ1v) is 11.1. The van der Waals surface area contributed by atoms with Crippen molar-refractivity contribution in [1.29, 1.82) is 5.26 Å². The van der Waals surface area contributed by atoms with Gasteiger partial charge in [-0.3, -0.25) is 4.79 Å². The SMILES string of the molecule is CCOc1cc(/C=C(\C#N)C(=O)Nc2ccccc2CC)ccc1OCc1cccc(Cl)c1. The molecule has 0 heterocycles. The summed E-state index contributed by atoms with van der Waals surface area (Å²) in [5.41, 5.74) is 3.29. The second kappa shape index (κ2) is 11.8. The number of hydrogen-bond acceptors (Lipinski definition) is 4. The third-order valence-corrected chi connectivity index (χ3v) is 5.11. The van der Waals surface area contributed by atoms with E-state index in [0.29, 0.717) is 41.0 Å². The number of nitriles is 1. The van der Waals surface area contributed by atoms with Crippen LogP contribution in [0, 0.1) is 11.3 Å². The first-order chi connectivity index (χ1) is 16.0. The third-order valence-electron chi connectivity index (χ3n) is 4.87. The number of benzene rings is 3. The number of amides is 1. The van der Waals surface area contributed by atoms with Gasteiger partial charge in [-0.1, -0.05) is 54.9 Å². The van der Waals surface area contributed by atoms with E-state index in [1.165, 1.54) is 6.08 Å². The van der Waals surface area contributed by atoms with E-state index in [1.807, 2.05) is 68.4 Å². The van der Waals surface area contributed by atoms with Gasteiger partial charge in [-0.05, 0) is 66.4 Å². The normalized spacial score (nSPS) is 10.9. The average Bonchev–Trinajstić information content (AvgIpc) is 2.82. The van der Waals surface area contributed by atoms with E-state index in [2.05, 4.69) is 5.32 Å². The monoisotopic (exact) mass is 460 g/mol. The van der Waals surface area contributed by atoms with Crippen LogP contribution in [0.15, 0.2) is 72.3 Å². The lowest BCUT2D eigenvalue weighted by atomic mass is 10.1. The number of carbonyl (C=O) groups excluding carboxylic acids is 1. The lowest BCUT2D eigenvalue weighted by Crippen LogP contribution is -2.14. The Morgan fingerprint density at radius 2 is 1.85 bits per heavy atom. The summed E-state index contributed by atoms with van der Waals surface area (Å²) in [5, 5.41) is 13.1. The summed E-state index contributed by atoms with van der Waals surface area (Å²) in [6.45, 7) is 4.67. The van der Waals surface area contributed by atoms with E-state index in [0.717, 1.165) is 17.5 Å². The molecule has 0 saturated heterocycles. The molecule has 0 aliphatic heterocycles. The molecule has 0 fully saturated rings. The van der Waals surface area contributed by atoms with E-state index in [-0.39, 0.29) is 5.57 Å². The minimum absolute atomic E-state index is 0.00375. The van der Waals surface area contributed by atoms with Crippen LogP contribution in [-0.2, 0) is 17.8 Å². The van der Waals surface area contributed by atoms with Crippen LogP contribution in [0.25, 0.3) is 6.08 Å². The third kappa shape index (κ3) is 6.61. The van der Waals surface area contributed by atoms with Gasteiger partial charge in [0.2, 0.25) is 0 Å². The standard InChI is InChI=1S/C27H25ClN2O3/c1-3-21-9-5-6-11-24(21)30-27(31)22(17-29)14-19-12-13-25(26(16-19)32-4-2)33-18-20-8-7-10-23(28)15-20/h5-16H,3-4,18H2,1-2H3,(H,30,31)/b22-14+. The number of para-hydroxylation sites is 1. The second-order valence-electron chi connectivity index (χ2n) is 7.19. The summed E-state index contributed by atoms with van der Waals surface area (Å²) >= 11 is 6.04. The number of carbonyl (C=O) groups is 1. The molecule has 0 bridgehead atoms. The molecule has 3 aromatic rings. The fourth-order valence-electron chi connectivity index (χ4n) is 3.25. The first-order valence-electron chi connectivity index (χ1n) is 10.7. The molecule has 3 rings (SSSR count). The average molecular weight is 461 g/mol. The van der Waals surface area contributed by atoms with Crippen LogP contribution in [0.5, 0.6) is 11.5 Å². The second-order valence-corrected chi connectivity index (χ2v) is 7.63. The van der Waals surface area contributed by atoms with Crippen LogP contribution in [0.3, 0.4) is 0 Å². The highest BCUT2D eigenvalue weighted by Gasteiger charge is 2.13. The highest BCUT2D eigenvalue weighted by atomic mass is 35.5. The van der Waals surface area contributed by atoms with E-state index < -0.39 is 5.91 Å². The highest BCUT2D eigenvalue weighted by Crippen LogP contribution is 2.30. The molecule has 0 unspecified atom stereocenters. The Kier molecular flexibility index (Phi) is 8.51. The van der Waals surface area contributed by atoms with Crippen molar-refractivity contribution < 1.29 is 14.3 Å². The number of aryl methyl sites for hydroxylation is 1. The molecule has 3 aromatic carbocycles. The van der Waals surface area contributed by atoms with Gasteiger partial charge in [0.15, 0.2) is 11.5 Å². The minimum atomic E-state index is -0.461. The Hall–Kier alpha value is -3.75. The maximum Gasteiger partial charge on any atom is 0.266 e. The van der Waals surface area contributed by atoms with E-state index in [4.69, 9.17) is 21.1 Å². The number of rotatable bonds is 9. The van der Waals surface area contributed by atoms with Crippen molar-refractivity contribution in [3.05, 3.63) is 94.0 Å². The van der Waals surface area contributed by atoms with Crippen LogP contribution < -0.4 is 14.8 Å². The summed E-state index contributed by atoms with van der Waals surface area (Å²) in [6.07, 6.45) is 2.31. The van der Waals surface area contributed by atoms with Crippen molar-refractivity contribution >= 4 is 29.3 Å². The van der Waals surface area contributed by atoms with E-state index in [1.54, 1.807) is 18.2 Å². The Balaban J connectivity index is 1.79. The number of anilines is 1. The largest absolute Gasteiger partial charge is 0.490 e. The molecular weight excluding hydrogens is 436 g/mol. The van der Waals surface area contributed by atoms with Crippen LogP contribution in [-0.4, -0.2) is 12.5 Å². The lowest BCUT2D eigenvalue weighted by Gasteiger charge is -2.13. The predicted molar refractivity (Wildman–Crippen MR) is 131 cm³/mol. The van der Waals surface area contributed by atoms with Crippen molar-refractivity contribution in [1.82, 2.24) is 0 Å². The van der Waals surface area contributed by atoms with Crippen LogP contribution in [0.2, 0.25) is 5.02 Å². The molecule has 5 nitrogen and oxygen atoms in total. The van der Waals surface area contributed by atoms with Gasteiger partial charge >= 0.3 is 0 Å². The molecule has 1 amide bonds. The topological polar surface area (TPSA) is 71.3 Å². The zero-order valence-electron chi connectivity index (χ0n) is 18.6. The molecule has 0 radical (unpaired) electrons. The smallest absolute Gasteiger partial charge is 0.266 e. The van der Waals surface area contributed by atoms with E-state index >= 15 is 0 Å². The Morgan fingerprint density at radius 3 is 2.58 bits per heavy atom. The van der Waals surface area contributed by atoms with Gasteiger partial charge in [-0.25, -0.2) is 0 Å². The lowest BCUT2D eigenvalue weighted by molar-refractivity contribution is -0.112. The number of ether oxygens (including phenoxy) is 2. The van der Waals surface area contributed by atoms with E-state index in [9.17, 15) is 10.1 Å². The van der Waals surface area contributed by atoms with Crippen molar-refractivity contribution in [2.24, 2.45) is 0 Å². The maximum atomic E-state index is 12.7. The maximum absolute atomic E-state index is 12.7. The molecule has 0 atom stereocenters. The molecule has 168 valence electrons. The molecular formula is C27H25ClN2O3. The summed E-state index contributed by atoms with van der Waals surface area (Å²) in [6, 6.07) is 22.3. The zero-order valence-corrected chi connectivity index (χ0v) is 19.4. The number of hydrogen-bond donors (Lipinski definition) is 1. The Morgan fingerprint density at radius 1 is 1.03 bits per heavy atom. The Bertz CT molecular complexity index is 1200. The molecule has 6 heteroatoms. The molecule has 0 aliphatic rings. The van der Waals surface area contributed by atoms with Crippen molar-refractivity contribution in [2.45, 2.75) is 26.9 Å². The fraction of sp³-hybridized carbons (Fsp3) is 0.185. The molecule has 0 aliphatic carbocycles. The molecule has 0 aromatic heterocycles. The highest BCUT2D eigenvalue weighted by molar-refractivity contribution is 6.30. The van der Waals surface area contributed by atoms with Crippen molar-refractivity contribution in [2.75, 3.05) is 11.9 Å². The van der Waals surface area contributed by atoms with Crippen LogP contribution in [0.1, 0.15) is 30.5 Å². The molecule has 0 spiro atoms. The number of nitrogens with one attached hydrogen (secondary N) is 1.